The average molecular weight is 703 g/mol. The number of carbonyl (C=O) groups excluding carboxylic acids is 1. The third-order valence-corrected chi connectivity index (χ3v) is 9.68. The lowest BCUT2D eigenvalue weighted by Gasteiger charge is -2.36. The molecule has 4 aromatic rings. The number of rotatable bonds is 6. The van der Waals surface area contributed by atoms with Gasteiger partial charge < -0.3 is 14.5 Å². The largest absolute Gasteiger partial charge is 0.475 e. The Morgan fingerprint density at radius 1 is 0.940 bits per heavy atom. The van der Waals surface area contributed by atoms with E-state index in [-0.39, 0.29) is 52.0 Å². The van der Waals surface area contributed by atoms with E-state index in [4.69, 9.17) is 4.74 Å². The number of halogens is 1. The van der Waals surface area contributed by atoms with E-state index >= 15 is 4.39 Å². The van der Waals surface area contributed by atoms with Crippen molar-refractivity contribution in [1.82, 2.24) is 19.9 Å². The summed E-state index contributed by atoms with van der Waals surface area (Å²) < 4.78 is 51.9. The lowest BCUT2D eigenvalue weighted by atomic mass is 9.87. The number of aromatic nitrogens is 3. The van der Waals surface area contributed by atoms with Gasteiger partial charge in [-0.15, -0.1) is 0 Å². The Balaban J connectivity index is 1.66. The maximum atomic E-state index is 15.6. The van der Waals surface area contributed by atoms with Gasteiger partial charge in [-0.1, -0.05) is 65.8 Å². The van der Waals surface area contributed by atoms with E-state index in [9.17, 15) is 13.2 Å². The number of nitrogens with zero attached hydrogens (tertiary/aromatic N) is 5. The summed E-state index contributed by atoms with van der Waals surface area (Å²) in [6, 6.07) is 15.7. The van der Waals surface area contributed by atoms with E-state index in [0.29, 0.717) is 24.5 Å². The maximum Gasteiger partial charge on any atom is 0.264 e. The first kappa shape index (κ1) is 36.7. The summed E-state index contributed by atoms with van der Waals surface area (Å²) in [5.74, 6) is -0.499. The smallest absolute Gasteiger partial charge is 0.264 e. The molecule has 0 saturated heterocycles. The Morgan fingerprint density at radius 3 is 2.28 bits per heavy atom. The van der Waals surface area contributed by atoms with Gasteiger partial charge in [0.05, 0.1) is 28.9 Å². The monoisotopic (exact) mass is 702 g/mol. The van der Waals surface area contributed by atoms with Crippen LogP contribution in [-0.2, 0) is 16.6 Å². The summed E-state index contributed by atoms with van der Waals surface area (Å²) >= 11 is 0. The lowest BCUT2D eigenvalue weighted by Crippen LogP contribution is -2.45. The van der Waals surface area contributed by atoms with Gasteiger partial charge in [-0.05, 0) is 72.6 Å². The van der Waals surface area contributed by atoms with Crippen molar-refractivity contribution in [2.24, 2.45) is 10.8 Å². The Bertz CT molecular complexity index is 1990. The Morgan fingerprint density at radius 2 is 1.62 bits per heavy atom. The summed E-state index contributed by atoms with van der Waals surface area (Å²) in [4.78, 5) is 31.6. The second kappa shape index (κ2) is 14.0. The Kier molecular flexibility index (Phi) is 10.3. The van der Waals surface area contributed by atoms with E-state index in [1.54, 1.807) is 18.2 Å². The van der Waals surface area contributed by atoms with Crippen molar-refractivity contribution in [2.45, 2.75) is 79.3 Å². The van der Waals surface area contributed by atoms with Crippen LogP contribution >= 0.6 is 0 Å². The van der Waals surface area contributed by atoms with E-state index in [1.165, 1.54) is 29.2 Å². The fourth-order valence-corrected chi connectivity index (χ4v) is 7.29. The van der Waals surface area contributed by atoms with Gasteiger partial charge in [0.1, 0.15) is 18.2 Å². The fraction of sp³-hybridized carbons (Fsp3) is 0.421. The minimum absolute atomic E-state index is 0.0106. The number of nitrogens with one attached hydrogen (secondary N) is 1. The van der Waals surface area contributed by atoms with Crippen molar-refractivity contribution in [3.63, 3.8) is 0 Å². The predicted molar refractivity (Wildman–Crippen MR) is 194 cm³/mol. The van der Waals surface area contributed by atoms with Gasteiger partial charge in [0.25, 0.3) is 15.9 Å². The topological polar surface area (TPSA) is 118 Å². The van der Waals surface area contributed by atoms with Crippen molar-refractivity contribution >= 4 is 27.7 Å². The third kappa shape index (κ3) is 8.76. The molecule has 10 nitrogen and oxygen atoms in total. The SMILES string of the molecule is Cc1cccc(C)c1-c1cc2nc(n1)NS(=O)(=O)c1cccc(c1)C(=O)N(Cc1nc(N(C)CC(C)(C)C)ccc1F)[C@H](CC(C)(C)C)CO2. The van der Waals surface area contributed by atoms with Crippen molar-refractivity contribution < 1.29 is 22.3 Å². The van der Waals surface area contributed by atoms with Crippen LogP contribution in [0.1, 0.15) is 75.1 Å². The molecule has 4 bridgehead atoms. The van der Waals surface area contributed by atoms with E-state index in [1.807, 2.05) is 44.0 Å². The molecule has 266 valence electrons. The molecule has 0 fully saturated rings. The number of carbonyl (C=O) groups is 1. The van der Waals surface area contributed by atoms with Crippen molar-refractivity contribution in [3.05, 3.63) is 88.9 Å². The van der Waals surface area contributed by atoms with Gasteiger partial charge in [0.2, 0.25) is 11.8 Å². The maximum absolute atomic E-state index is 15.6. The van der Waals surface area contributed by atoms with Crippen LogP contribution in [0.25, 0.3) is 11.3 Å². The molecule has 3 heterocycles. The third-order valence-electron chi connectivity index (χ3n) is 8.36. The second-order valence-corrected chi connectivity index (χ2v) is 17.2. The number of hydrogen-bond donors (Lipinski definition) is 1. The number of anilines is 2. The molecular formula is C38H47FN6O4S. The number of ether oxygens (including phenoxy) is 1. The molecule has 1 N–H and O–H groups in total. The number of benzene rings is 2. The summed E-state index contributed by atoms with van der Waals surface area (Å²) in [5, 5.41) is 0. The summed E-state index contributed by atoms with van der Waals surface area (Å²) in [5.41, 5.74) is 3.09. The highest BCUT2D eigenvalue weighted by atomic mass is 32.2. The molecule has 0 unspecified atom stereocenters. The first-order valence-corrected chi connectivity index (χ1v) is 18.2. The molecule has 1 aliphatic heterocycles. The second-order valence-electron chi connectivity index (χ2n) is 15.5. The van der Waals surface area contributed by atoms with Crippen LogP contribution in [0.2, 0.25) is 0 Å². The van der Waals surface area contributed by atoms with Gasteiger partial charge in [-0.2, -0.15) is 4.98 Å². The molecule has 50 heavy (non-hydrogen) atoms. The standard InChI is InChI=1S/C38H47FN6O4S/c1-24-12-10-13-25(2)34(24)30-19-33-42-36(41-30)43-50(47,48)28-15-11-14-26(18-28)35(46)45(27(22-49-33)20-37(3,4)5)21-31-29(39)16-17-32(40-31)44(9)23-38(6,7)8/h10-19,27H,20-23H2,1-9H3,(H,41,42,43)/t27-/m1/s1. The molecule has 1 amide bonds. The van der Waals surface area contributed by atoms with E-state index < -0.39 is 27.8 Å². The Hall–Kier alpha value is -4.58. The highest BCUT2D eigenvalue weighted by Gasteiger charge is 2.32. The fourth-order valence-electron chi connectivity index (χ4n) is 6.30. The predicted octanol–water partition coefficient (Wildman–Crippen LogP) is 7.42. The lowest BCUT2D eigenvalue weighted by molar-refractivity contribution is 0.0506. The molecule has 2 aromatic heterocycles. The van der Waals surface area contributed by atoms with Gasteiger partial charge in [-0.25, -0.2) is 27.5 Å². The van der Waals surface area contributed by atoms with Crippen LogP contribution in [0.3, 0.4) is 0 Å². The molecule has 0 saturated carbocycles. The van der Waals surface area contributed by atoms with Gasteiger partial charge in [0.15, 0.2) is 0 Å². The minimum Gasteiger partial charge on any atom is -0.475 e. The van der Waals surface area contributed by atoms with Crippen LogP contribution in [0.4, 0.5) is 16.2 Å². The first-order chi connectivity index (χ1) is 23.3. The number of hydrogen-bond acceptors (Lipinski definition) is 8. The molecule has 12 heteroatoms. The first-order valence-electron chi connectivity index (χ1n) is 16.7. The summed E-state index contributed by atoms with van der Waals surface area (Å²) in [6.07, 6.45) is 0.474. The van der Waals surface area contributed by atoms with Gasteiger partial charge >= 0.3 is 0 Å². The van der Waals surface area contributed by atoms with E-state index in [0.717, 1.165) is 16.7 Å². The van der Waals surface area contributed by atoms with Gasteiger partial charge in [-0.3, -0.25) is 4.79 Å². The zero-order valence-corrected chi connectivity index (χ0v) is 31.2. The zero-order chi connectivity index (χ0) is 36.6. The molecule has 0 spiro atoms. The summed E-state index contributed by atoms with van der Waals surface area (Å²) in [7, 11) is -2.33. The van der Waals surface area contributed by atoms with Crippen LogP contribution in [-0.4, -0.2) is 60.4 Å². The number of aryl methyl sites for hydroxylation is 2. The molecule has 5 rings (SSSR count). The average Bonchev–Trinajstić information content (AvgIpc) is 3.00. The highest BCUT2D eigenvalue weighted by Crippen LogP contribution is 2.32. The molecule has 1 atom stereocenters. The van der Waals surface area contributed by atoms with Crippen molar-refractivity contribution in [2.75, 3.05) is 29.8 Å². The minimum atomic E-state index is -4.24. The normalized spacial score (nSPS) is 16.4. The van der Waals surface area contributed by atoms with E-state index in [2.05, 4.69) is 61.2 Å². The van der Waals surface area contributed by atoms with Crippen LogP contribution in [0.15, 0.2) is 65.6 Å². The Labute approximate surface area is 295 Å². The van der Waals surface area contributed by atoms with Crippen molar-refractivity contribution in [1.29, 1.82) is 0 Å². The quantitative estimate of drug-likeness (QED) is 0.221. The highest BCUT2D eigenvalue weighted by molar-refractivity contribution is 7.92. The molecule has 0 aliphatic carbocycles. The van der Waals surface area contributed by atoms with Crippen molar-refractivity contribution in [3.8, 4) is 17.1 Å². The molecule has 1 aliphatic rings. The number of sulfonamides is 1. The molecule has 2 aromatic carbocycles. The zero-order valence-electron chi connectivity index (χ0n) is 30.3. The number of amides is 1. The van der Waals surface area contributed by atoms with Crippen LogP contribution in [0, 0.1) is 30.5 Å². The van der Waals surface area contributed by atoms with Gasteiger partial charge in [0, 0.05) is 30.8 Å². The molecule has 0 radical (unpaired) electrons. The van der Waals surface area contributed by atoms with Crippen LogP contribution < -0.4 is 14.4 Å². The number of pyridine rings is 1. The summed E-state index contributed by atoms with van der Waals surface area (Å²) in [6.45, 7) is 16.9. The number of fused-ring (bicyclic) bond motifs is 4. The van der Waals surface area contributed by atoms with Crippen LogP contribution in [0.5, 0.6) is 5.88 Å². The molecular weight excluding hydrogens is 656 g/mol.